The van der Waals surface area contributed by atoms with Gasteiger partial charge in [0.1, 0.15) is 0 Å². The van der Waals surface area contributed by atoms with Crippen LogP contribution in [-0.2, 0) is 11.2 Å². The second-order valence-corrected chi connectivity index (χ2v) is 6.39. The molecule has 1 amide bonds. The molecule has 0 radical (unpaired) electrons. The Kier molecular flexibility index (Phi) is 5.79. The molecule has 0 aliphatic heterocycles. The van der Waals surface area contributed by atoms with E-state index in [0.717, 1.165) is 24.5 Å². The molecule has 2 atom stereocenters. The monoisotopic (exact) mass is 292 g/mol. The van der Waals surface area contributed by atoms with Crippen molar-refractivity contribution in [2.45, 2.75) is 64.8 Å². The maximum atomic E-state index is 12.0. The van der Waals surface area contributed by atoms with Crippen molar-refractivity contribution in [2.24, 2.45) is 17.6 Å². The van der Waals surface area contributed by atoms with Crippen molar-refractivity contribution < 1.29 is 4.79 Å². The van der Waals surface area contributed by atoms with Crippen molar-refractivity contribution in [1.82, 2.24) is 10.2 Å². The number of H-pyrrole nitrogens is 1. The summed E-state index contributed by atoms with van der Waals surface area (Å²) in [7, 11) is 0. The van der Waals surface area contributed by atoms with Crippen LogP contribution < -0.4 is 11.1 Å². The van der Waals surface area contributed by atoms with Crippen molar-refractivity contribution in [3.05, 3.63) is 11.8 Å². The van der Waals surface area contributed by atoms with E-state index in [1.54, 1.807) is 0 Å². The highest BCUT2D eigenvalue weighted by Crippen LogP contribution is 2.26. The average Bonchev–Trinajstić information content (AvgIpc) is 2.93. The normalized spacial score (nSPS) is 19.2. The Hall–Kier alpha value is -1.36. The molecule has 4 N–H and O–H groups in total. The lowest BCUT2D eigenvalue weighted by Crippen LogP contribution is -2.40. The van der Waals surface area contributed by atoms with Gasteiger partial charge in [0.05, 0.1) is 6.04 Å². The van der Waals surface area contributed by atoms with E-state index in [9.17, 15) is 4.79 Å². The lowest BCUT2D eigenvalue weighted by molar-refractivity contribution is -0.118. The van der Waals surface area contributed by atoms with Crippen molar-refractivity contribution in [1.29, 1.82) is 0 Å². The molecular weight excluding hydrogens is 264 g/mol. The Labute approximate surface area is 127 Å². The van der Waals surface area contributed by atoms with Crippen LogP contribution in [0.25, 0.3) is 0 Å². The minimum Gasteiger partial charge on any atom is -0.320 e. The van der Waals surface area contributed by atoms with Crippen molar-refractivity contribution in [2.75, 3.05) is 5.32 Å². The number of rotatable bonds is 6. The van der Waals surface area contributed by atoms with Crippen molar-refractivity contribution >= 4 is 11.7 Å². The molecule has 0 aromatic carbocycles. The van der Waals surface area contributed by atoms with Gasteiger partial charge in [-0.25, -0.2) is 0 Å². The number of nitrogens with one attached hydrogen (secondary N) is 2. The summed E-state index contributed by atoms with van der Waals surface area (Å²) < 4.78 is 0. The van der Waals surface area contributed by atoms with Gasteiger partial charge in [-0.15, -0.1) is 0 Å². The number of aromatic amines is 1. The van der Waals surface area contributed by atoms with E-state index in [1.807, 2.05) is 19.9 Å². The van der Waals surface area contributed by atoms with E-state index in [1.165, 1.54) is 32.1 Å². The smallest absolute Gasteiger partial charge is 0.242 e. The zero-order valence-electron chi connectivity index (χ0n) is 13.2. The molecule has 5 nitrogen and oxygen atoms in total. The molecule has 1 aromatic rings. The van der Waals surface area contributed by atoms with Crippen LogP contribution in [0.1, 0.15) is 58.1 Å². The van der Waals surface area contributed by atoms with Gasteiger partial charge in [-0.1, -0.05) is 52.4 Å². The molecule has 2 rings (SSSR count). The maximum Gasteiger partial charge on any atom is 0.242 e. The van der Waals surface area contributed by atoms with Gasteiger partial charge in [0, 0.05) is 11.8 Å². The fourth-order valence-corrected chi connectivity index (χ4v) is 2.95. The molecule has 0 bridgehead atoms. The molecule has 1 saturated carbocycles. The third kappa shape index (κ3) is 4.56. The van der Waals surface area contributed by atoms with E-state index in [0.29, 0.717) is 5.82 Å². The van der Waals surface area contributed by atoms with E-state index >= 15 is 0 Å². The highest BCUT2D eigenvalue weighted by molar-refractivity contribution is 5.94. The van der Waals surface area contributed by atoms with E-state index in [4.69, 9.17) is 5.73 Å². The fourth-order valence-electron chi connectivity index (χ4n) is 2.95. The second kappa shape index (κ2) is 7.59. The van der Waals surface area contributed by atoms with Crippen LogP contribution in [0, 0.1) is 11.8 Å². The number of nitrogens with two attached hydrogens (primary N) is 1. The molecule has 1 aliphatic carbocycles. The quantitative estimate of drug-likeness (QED) is 0.754. The Balaban J connectivity index is 1.86. The van der Waals surface area contributed by atoms with Crippen LogP contribution in [-0.4, -0.2) is 22.1 Å². The summed E-state index contributed by atoms with van der Waals surface area (Å²) in [6.45, 7) is 4.03. The number of nitrogens with zero attached hydrogens (tertiary/aromatic N) is 1. The first-order valence-corrected chi connectivity index (χ1v) is 8.21. The number of carbonyl (C=O) groups excluding carboxylic acids is 1. The third-order valence-corrected chi connectivity index (χ3v) is 4.68. The maximum absolute atomic E-state index is 12.0. The predicted octanol–water partition coefficient (Wildman–Crippen LogP) is 2.84. The van der Waals surface area contributed by atoms with Crippen LogP contribution in [0.4, 0.5) is 5.82 Å². The molecule has 21 heavy (non-hydrogen) atoms. The number of carbonyl (C=O) groups is 1. The lowest BCUT2D eigenvalue weighted by atomic mass is 9.86. The van der Waals surface area contributed by atoms with E-state index < -0.39 is 6.04 Å². The highest BCUT2D eigenvalue weighted by Gasteiger charge is 2.20. The summed E-state index contributed by atoms with van der Waals surface area (Å²) in [5.74, 6) is 1.36. The molecule has 5 heteroatoms. The Morgan fingerprint density at radius 3 is 2.86 bits per heavy atom. The Morgan fingerprint density at radius 1 is 1.48 bits per heavy atom. The highest BCUT2D eigenvalue weighted by atomic mass is 16.2. The molecule has 1 heterocycles. The number of amides is 1. The summed E-state index contributed by atoms with van der Waals surface area (Å²) in [5, 5.41) is 10.0. The molecule has 1 fully saturated rings. The van der Waals surface area contributed by atoms with Gasteiger partial charge in [0.25, 0.3) is 0 Å². The Morgan fingerprint density at radius 2 is 2.19 bits per heavy atom. The number of aromatic nitrogens is 2. The summed E-state index contributed by atoms with van der Waals surface area (Å²) in [6.07, 6.45) is 8.58. The standard InChI is InChI=1S/C16H28N4O/c1-3-11(2)15(17)16(21)18-14-10-13(19-20-14)9-12-7-5-4-6-8-12/h10-12,15H,3-9,17H2,1-2H3,(H2,18,19,20,21). The first kappa shape index (κ1) is 16.0. The van der Waals surface area contributed by atoms with Gasteiger partial charge < -0.3 is 11.1 Å². The molecule has 0 saturated heterocycles. The summed E-state index contributed by atoms with van der Waals surface area (Å²) >= 11 is 0. The summed E-state index contributed by atoms with van der Waals surface area (Å²) in [5.41, 5.74) is 7.03. The molecular formula is C16H28N4O. The molecule has 118 valence electrons. The van der Waals surface area contributed by atoms with Gasteiger partial charge in [-0.05, 0) is 18.3 Å². The summed E-state index contributed by atoms with van der Waals surface area (Å²) in [4.78, 5) is 12.0. The minimum absolute atomic E-state index is 0.153. The third-order valence-electron chi connectivity index (χ3n) is 4.68. The number of hydrogen-bond donors (Lipinski definition) is 3. The van der Waals surface area contributed by atoms with Crippen LogP contribution >= 0.6 is 0 Å². The largest absolute Gasteiger partial charge is 0.320 e. The van der Waals surface area contributed by atoms with Crippen LogP contribution in [0.3, 0.4) is 0 Å². The van der Waals surface area contributed by atoms with Gasteiger partial charge in [0.15, 0.2) is 5.82 Å². The van der Waals surface area contributed by atoms with Gasteiger partial charge in [0.2, 0.25) is 5.91 Å². The van der Waals surface area contributed by atoms with Gasteiger partial charge in [-0.2, -0.15) is 5.10 Å². The SMILES string of the molecule is CCC(C)C(N)C(=O)Nc1cc(CC2CCCCC2)[nH]n1. The first-order valence-electron chi connectivity index (χ1n) is 8.21. The summed E-state index contributed by atoms with van der Waals surface area (Å²) in [6, 6.07) is 1.46. The van der Waals surface area contributed by atoms with E-state index in [2.05, 4.69) is 15.5 Å². The first-order chi connectivity index (χ1) is 10.1. The van der Waals surface area contributed by atoms with Crippen molar-refractivity contribution in [3.63, 3.8) is 0 Å². The van der Waals surface area contributed by atoms with E-state index in [-0.39, 0.29) is 11.8 Å². The number of hydrogen-bond acceptors (Lipinski definition) is 3. The average molecular weight is 292 g/mol. The van der Waals surface area contributed by atoms with Gasteiger partial charge in [-0.3, -0.25) is 9.89 Å². The zero-order chi connectivity index (χ0) is 15.2. The molecule has 1 aliphatic rings. The predicted molar refractivity (Wildman–Crippen MR) is 84.9 cm³/mol. The Bertz CT molecular complexity index is 451. The number of anilines is 1. The molecule has 1 aromatic heterocycles. The topological polar surface area (TPSA) is 83.8 Å². The lowest BCUT2D eigenvalue weighted by Gasteiger charge is -2.20. The van der Waals surface area contributed by atoms with Crippen LogP contribution in [0.15, 0.2) is 6.07 Å². The van der Waals surface area contributed by atoms with Crippen LogP contribution in [0.5, 0.6) is 0 Å². The van der Waals surface area contributed by atoms with Crippen LogP contribution in [0.2, 0.25) is 0 Å². The van der Waals surface area contributed by atoms with Crippen molar-refractivity contribution in [3.8, 4) is 0 Å². The molecule has 2 unspecified atom stereocenters. The second-order valence-electron chi connectivity index (χ2n) is 6.39. The molecule has 0 spiro atoms. The van der Waals surface area contributed by atoms with Gasteiger partial charge >= 0.3 is 0 Å². The minimum atomic E-state index is -0.478. The fraction of sp³-hybridized carbons (Fsp3) is 0.750. The zero-order valence-corrected chi connectivity index (χ0v) is 13.2.